The minimum atomic E-state index is -1.02. The van der Waals surface area contributed by atoms with Gasteiger partial charge in [0.05, 0.1) is 13.2 Å². The Kier molecular flexibility index (Phi) is 3.16. The van der Waals surface area contributed by atoms with Crippen molar-refractivity contribution in [2.24, 2.45) is 0 Å². The van der Waals surface area contributed by atoms with Crippen molar-refractivity contribution in [2.75, 3.05) is 31.2 Å². The zero-order chi connectivity index (χ0) is 11.5. The van der Waals surface area contributed by atoms with Gasteiger partial charge in [-0.1, -0.05) is 12.2 Å². The average molecular weight is 241 g/mol. The van der Waals surface area contributed by atoms with Crippen LogP contribution in [0.25, 0.3) is 0 Å². The van der Waals surface area contributed by atoms with E-state index in [1.807, 2.05) is 4.90 Å². The van der Waals surface area contributed by atoms with Crippen molar-refractivity contribution in [3.8, 4) is 0 Å². The summed E-state index contributed by atoms with van der Waals surface area (Å²) in [6.07, 6.45) is 0. The quantitative estimate of drug-likeness (QED) is 0.741. The number of H-pyrrole nitrogens is 1. The van der Waals surface area contributed by atoms with Gasteiger partial charge >= 0.3 is 5.97 Å². The van der Waals surface area contributed by atoms with E-state index in [0.29, 0.717) is 36.8 Å². The number of anilines is 1. The lowest BCUT2D eigenvalue weighted by molar-refractivity contribution is 0.0695. The van der Waals surface area contributed by atoms with Gasteiger partial charge in [0.1, 0.15) is 10.2 Å². The van der Waals surface area contributed by atoms with Crippen LogP contribution >= 0.6 is 12.2 Å². The second kappa shape index (κ2) is 4.58. The van der Waals surface area contributed by atoms with E-state index in [1.165, 1.54) is 6.07 Å². The summed E-state index contributed by atoms with van der Waals surface area (Å²) in [5, 5.41) is 15.7. The Morgan fingerprint density at radius 1 is 1.56 bits per heavy atom. The van der Waals surface area contributed by atoms with Crippen LogP contribution in [-0.4, -0.2) is 47.6 Å². The van der Waals surface area contributed by atoms with Crippen molar-refractivity contribution >= 4 is 24.0 Å². The van der Waals surface area contributed by atoms with E-state index in [0.717, 1.165) is 0 Å². The number of aromatic nitrogens is 2. The fraction of sp³-hybridized carbons (Fsp3) is 0.444. The van der Waals surface area contributed by atoms with Gasteiger partial charge in [-0.15, -0.1) is 0 Å². The molecule has 86 valence electrons. The smallest absolute Gasteiger partial charge is 0.339 e. The SMILES string of the molecule is O=C(O)c1cc(=S)[nH]nc1N1CCOCC1. The van der Waals surface area contributed by atoms with Gasteiger partial charge in [0.15, 0.2) is 5.82 Å². The molecule has 16 heavy (non-hydrogen) atoms. The third-order valence-electron chi connectivity index (χ3n) is 2.33. The highest BCUT2D eigenvalue weighted by molar-refractivity contribution is 7.71. The number of carbonyl (C=O) groups is 1. The zero-order valence-corrected chi connectivity index (χ0v) is 9.29. The number of aromatic carboxylic acids is 1. The highest BCUT2D eigenvalue weighted by Crippen LogP contribution is 2.17. The predicted molar refractivity (Wildman–Crippen MR) is 59.4 cm³/mol. The Bertz CT molecular complexity index is 454. The molecule has 1 aliphatic rings. The normalized spacial score (nSPS) is 16.1. The first kappa shape index (κ1) is 11.0. The van der Waals surface area contributed by atoms with Gasteiger partial charge in [0.2, 0.25) is 0 Å². The fourth-order valence-electron chi connectivity index (χ4n) is 1.57. The molecule has 1 aromatic heterocycles. The lowest BCUT2D eigenvalue weighted by atomic mass is 10.2. The average Bonchev–Trinajstić information content (AvgIpc) is 2.30. The van der Waals surface area contributed by atoms with E-state index in [-0.39, 0.29) is 5.56 Å². The molecule has 0 aromatic carbocycles. The zero-order valence-electron chi connectivity index (χ0n) is 8.47. The molecule has 0 amide bonds. The first-order chi connectivity index (χ1) is 7.68. The summed E-state index contributed by atoms with van der Waals surface area (Å²) in [6, 6.07) is 1.41. The van der Waals surface area contributed by atoms with Crippen LogP contribution < -0.4 is 4.90 Å². The molecule has 0 radical (unpaired) electrons. The van der Waals surface area contributed by atoms with Gasteiger partial charge in [0.25, 0.3) is 0 Å². The Labute approximate surface area is 96.8 Å². The number of hydrogen-bond donors (Lipinski definition) is 2. The molecule has 0 bridgehead atoms. The minimum Gasteiger partial charge on any atom is -0.478 e. The number of nitrogens with one attached hydrogen (secondary N) is 1. The molecule has 2 rings (SSSR count). The molecular weight excluding hydrogens is 230 g/mol. The topological polar surface area (TPSA) is 78.4 Å². The highest BCUT2D eigenvalue weighted by atomic mass is 32.1. The summed E-state index contributed by atoms with van der Waals surface area (Å²) in [4.78, 5) is 12.9. The van der Waals surface area contributed by atoms with Crippen LogP contribution in [0, 0.1) is 4.64 Å². The number of carboxylic acids is 1. The maximum absolute atomic E-state index is 11.1. The summed E-state index contributed by atoms with van der Waals surface area (Å²) in [5.41, 5.74) is 0.130. The third kappa shape index (κ3) is 2.20. The second-order valence-corrected chi connectivity index (χ2v) is 3.81. The molecule has 0 spiro atoms. The third-order valence-corrected chi connectivity index (χ3v) is 2.54. The van der Waals surface area contributed by atoms with Crippen LogP contribution in [0.5, 0.6) is 0 Å². The maximum Gasteiger partial charge on any atom is 0.339 e. The van der Waals surface area contributed by atoms with E-state index >= 15 is 0 Å². The number of hydrogen-bond acceptors (Lipinski definition) is 5. The van der Waals surface area contributed by atoms with Gasteiger partial charge in [0, 0.05) is 13.1 Å². The number of aromatic amines is 1. The number of carboxylic acid groups (broad SMARTS) is 1. The molecule has 1 aliphatic heterocycles. The molecule has 1 aromatic rings. The van der Waals surface area contributed by atoms with Crippen LogP contribution in [0.2, 0.25) is 0 Å². The Morgan fingerprint density at radius 2 is 2.25 bits per heavy atom. The monoisotopic (exact) mass is 241 g/mol. The van der Waals surface area contributed by atoms with Gasteiger partial charge in [-0.2, -0.15) is 5.10 Å². The van der Waals surface area contributed by atoms with Gasteiger partial charge < -0.3 is 14.7 Å². The molecule has 1 fully saturated rings. The first-order valence-electron chi connectivity index (χ1n) is 4.84. The fourth-order valence-corrected chi connectivity index (χ4v) is 1.73. The lowest BCUT2D eigenvalue weighted by Gasteiger charge is -2.28. The molecule has 7 heteroatoms. The van der Waals surface area contributed by atoms with Crippen LogP contribution in [0.4, 0.5) is 5.82 Å². The molecular formula is C9H11N3O3S. The van der Waals surface area contributed by atoms with E-state index in [1.54, 1.807) is 0 Å². The maximum atomic E-state index is 11.1. The summed E-state index contributed by atoms with van der Waals surface area (Å²) >= 11 is 4.86. The lowest BCUT2D eigenvalue weighted by Crippen LogP contribution is -2.37. The molecule has 0 unspecified atom stereocenters. The van der Waals surface area contributed by atoms with Crippen molar-refractivity contribution in [1.82, 2.24) is 10.2 Å². The highest BCUT2D eigenvalue weighted by Gasteiger charge is 2.19. The molecule has 1 saturated heterocycles. The second-order valence-electron chi connectivity index (χ2n) is 3.37. The minimum absolute atomic E-state index is 0.130. The van der Waals surface area contributed by atoms with E-state index < -0.39 is 5.97 Å². The Hall–Kier alpha value is -1.47. The van der Waals surface area contributed by atoms with Crippen LogP contribution in [0.1, 0.15) is 10.4 Å². The van der Waals surface area contributed by atoms with Crippen LogP contribution in [0.3, 0.4) is 0 Å². The Balaban J connectivity index is 2.38. The van der Waals surface area contributed by atoms with Gasteiger partial charge in [-0.05, 0) is 6.07 Å². The summed E-state index contributed by atoms with van der Waals surface area (Å²) in [6.45, 7) is 2.43. The number of morpholine rings is 1. The Morgan fingerprint density at radius 3 is 2.88 bits per heavy atom. The van der Waals surface area contributed by atoms with E-state index in [4.69, 9.17) is 22.1 Å². The number of ether oxygens (including phenoxy) is 1. The van der Waals surface area contributed by atoms with Gasteiger partial charge in [-0.3, -0.25) is 5.10 Å². The predicted octanol–water partition coefficient (Wildman–Crippen LogP) is 0.674. The number of rotatable bonds is 2. The van der Waals surface area contributed by atoms with Crippen LogP contribution in [0.15, 0.2) is 6.07 Å². The summed E-state index contributed by atoms with van der Waals surface area (Å²) in [5.74, 6) is -0.599. The van der Waals surface area contributed by atoms with Crippen molar-refractivity contribution < 1.29 is 14.6 Å². The molecule has 0 atom stereocenters. The van der Waals surface area contributed by atoms with Crippen molar-refractivity contribution in [2.45, 2.75) is 0 Å². The van der Waals surface area contributed by atoms with Crippen molar-refractivity contribution in [1.29, 1.82) is 0 Å². The molecule has 0 aliphatic carbocycles. The standard InChI is InChI=1S/C9H11N3O3S/c13-9(14)6-5-7(16)10-11-8(6)12-1-3-15-4-2-12/h5H,1-4H2,(H,10,16)(H,13,14). The first-order valence-corrected chi connectivity index (χ1v) is 5.25. The van der Waals surface area contributed by atoms with Crippen molar-refractivity contribution in [3.05, 3.63) is 16.3 Å². The van der Waals surface area contributed by atoms with E-state index in [2.05, 4.69) is 10.2 Å². The molecule has 6 nitrogen and oxygen atoms in total. The van der Waals surface area contributed by atoms with Crippen LogP contribution in [-0.2, 0) is 4.74 Å². The number of nitrogens with zero attached hydrogens (tertiary/aromatic N) is 2. The summed E-state index contributed by atoms with van der Waals surface area (Å²) in [7, 11) is 0. The van der Waals surface area contributed by atoms with Gasteiger partial charge in [-0.25, -0.2) is 4.79 Å². The molecule has 0 saturated carbocycles. The largest absolute Gasteiger partial charge is 0.478 e. The molecule has 2 N–H and O–H groups in total. The molecule has 2 heterocycles. The summed E-state index contributed by atoms with van der Waals surface area (Å²) < 4.78 is 5.51. The van der Waals surface area contributed by atoms with Crippen molar-refractivity contribution in [3.63, 3.8) is 0 Å². The van der Waals surface area contributed by atoms with E-state index in [9.17, 15) is 4.79 Å².